The quantitative estimate of drug-likeness (QED) is 0.565. The summed E-state index contributed by atoms with van der Waals surface area (Å²) in [5.74, 6) is 0.456. The van der Waals surface area contributed by atoms with Crippen molar-refractivity contribution in [1.82, 2.24) is 20.1 Å². The molecule has 0 aliphatic rings. The lowest BCUT2D eigenvalue weighted by Gasteiger charge is -2.13. The Balaban J connectivity index is 1.72. The molecule has 0 fully saturated rings. The lowest BCUT2D eigenvalue weighted by Crippen LogP contribution is -2.31. The number of hydrogen-bond donors (Lipinski definition) is 2. The summed E-state index contributed by atoms with van der Waals surface area (Å²) in [4.78, 5) is 25.0. The zero-order chi connectivity index (χ0) is 21.7. The number of carbonyl (C=O) groups excluding carboxylic acids is 2. The number of aromatic nitrogens is 3. The van der Waals surface area contributed by atoms with Crippen LogP contribution < -0.4 is 10.6 Å². The van der Waals surface area contributed by atoms with E-state index in [9.17, 15) is 9.59 Å². The summed E-state index contributed by atoms with van der Waals surface area (Å²) in [7, 11) is 0. The van der Waals surface area contributed by atoms with E-state index in [1.54, 1.807) is 24.3 Å². The lowest BCUT2D eigenvalue weighted by molar-refractivity contribution is -0.113. The summed E-state index contributed by atoms with van der Waals surface area (Å²) in [5, 5.41) is 14.7. The molecule has 0 atom stereocenters. The first-order chi connectivity index (χ1) is 14.4. The maximum Gasteiger partial charge on any atom is 0.253 e. The molecule has 2 N–H and O–H groups in total. The SMILES string of the molecule is Cc1ccccc1-n1c(C)nnc1SCC(=O)Nc1ccccc1C(=O)NC(C)C. The maximum atomic E-state index is 12.6. The first-order valence-electron chi connectivity index (χ1n) is 9.67. The number of thioether (sulfide) groups is 1. The van der Waals surface area contributed by atoms with E-state index in [1.165, 1.54) is 11.8 Å². The minimum atomic E-state index is -0.221. The largest absolute Gasteiger partial charge is 0.350 e. The van der Waals surface area contributed by atoms with Crippen LogP contribution in [0.3, 0.4) is 0 Å². The summed E-state index contributed by atoms with van der Waals surface area (Å²) in [6, 6.07) is 14.9. The van der Waals surface area contributed by atoms with Crippen LogP contribution in [0, 0.1) is 13.8 Å². The molecule has 0 unspecified atom stereocenters. The Morgan fingerprint density at radius 3 is 2.47 bits per heavy atom. The average molecular weight is 424 g/mol. The number of para-hydroxylation sites is 2. The summed E-state index contributed by atoms with van der Waals surface area (Å²) < 4.78 is 1.94. The second kappa shape index (κ2) is 9.58. The van der Waals surface area contributed by atoms with Crippen molar-refractivity contribution < 1.29 is 9.59 Å². The van der Waals surface area contributed by atoms with Crippen LogP contribution in [0.4, 0.5) is 5.69 Å². The van der Waals surface area contributed by atoms with Crippen LogP contribution in [0.15, 0.2) is 53.7 Å². The first kappa shape index (κ1) is 21.6. The molecule has 7 nitrogen and oxygen atoms in total. The second-order valence-electron chi connectivity index (χ2n) is 7.16. The molecule has 2 aromatic carbocycles. The lowest BCUT2D eigenvalue weighted by atomic mass is 10.1. The third-order valence-corrected chi connectivity index (χ3v) is 5.28. The van der Waals surface area contributed by atoms with E-state index in [2.05, 4.69) is 20.8 Å². The Kier molecular flexibility index (Phi) is 6.89. The molecule has 0 aliphatic heterocycles. The first-order valence-corrected chi connectivity index (χ1v) is 10.7. The molecule has 3 aromatic rings. The van der Waals surface area contributed by atoms with Crippen LogP contribution in [0.2, 0.25) is 0 Å². The molecule has 0 bridgehead atoms. The topological polar surface area (TPSA) is 88.9 Å². The Morgan fingerprint density at radius 1 is 1.03 bits per heavy atom. The number of benzene rings is 2. The zero-order valence-corrected chi connectivity index (χ0v) is 18.3. The van der Waals surface area contributed by atoms with Crippen molar-refractivity contribution in [2.45, 2.75) is 38.9 Å². The van der Waals surface area contributed by atoms with Gasteiger partial charge in [0.1, 0.15) is 5.82 Å². The van der Waals surface area contributed by atoms with Crippen LogP contribution in [0.5, 0.6) is 0 Å². The molecule has 0 spiro atoms. The Hall–Kier alpha value is -3.13. The molecule has 2 amide bonds. The van der Waals surface area contributed by atoms with Crippen LogP contribution >= 0.6 is 11.8 Å². The van der Waals surface area contributed by atoms with E-state index in [4.69, 9.17) is 0 Å². The Morgan fingerprint density at radius 2 is 1.73 bits per heavy atom. The van der Waals surface area contributed by atoms with Gasteiger partial charge in [0.05, 0.1) is 22.7 Å². The van der Waals surface area contributed by atoms with Crippen molar-refractivity contribution in [3.05, 3.63) is 65.5 Å². The van der Waals surface area contributed by atoms with Crippen molar-refractivity contribution >= 4 is 29.3 Å². The zero-order valence-electron chi connectivity index (χ0n) is 17.5. The molecule has 0 saturated heterocycles. The number of rotatable bonds is 7. The minimum absolute atomic E-state index is 0.00728. The number of nitrogens with one attached hydrogen (secondary N) is 2. The van der Waals surface area contributed by atoms with E-state index in [1.807, 2.05) is 56.5 Å². The highest BCUT2D eigenvalue weighted by Crippen LogP contribution is 2.24. The van der Waals surface area contributed by atoms with Gasteiger partial charge in [-0.25, -0.2) is 0 Å². The van der Waals surface area contributed by atoms with Gasteiger partial charge >= 0.3 is 0 Å². The van der Waals surface area contributed by atoms with Crippen LogP contribution in [-0.4, -0.2) is 38.4 Å². The Labute approximate surface area is 180 Å². The van der Waals surface area contributed by atoms with Gasteiger partial charge in [-0.1, -0.05) is 42.1 Å². The average Bonchev–Trinajstić information content (AvgIpc) is 3.07. The van der Waals surface area contributed by atoms with Gasteiger partial charge in [-0.15, -0.1) is 10.2 Å². The summed E-state index contributed by atoms with van der Waals surface area (Å²) in [5.41, 5.74) is 3.00. The molecular weight excluding hydrogens is 398 g/mol. The van der Waals surface area contributed by atoms with Gasteiger partial charge in [-0.05, 0) is 51.5 Å². The van der Waals surface area contributed by atoms with Crippen LogP contribution in [-0.2, 0) is 4.79 Å². The third-order valence-electron chi connectivity index (χ3n) is 4.35. The highest BCUT2D eigenvalue weighted by atomic mass is 32.2. The van der Waals surface area contributed by atoms with E-state index in [0.717, 1.165) is 17.1 Å². The highest BCUT2D eigenvalue weighted by molar-refractivity contribution is 7.99. The molecule has 30 heavy (non-hydrogen) atoms. The predicted molar refractivity (Wildman–Crippen MR) is 119 cm³/mol. The van der Waals surface area contributed by atoms with Gasteiger partial charge in [-0.3, -0.25) is 14.2 Å². The third kappa shape index (κ3) is 5.07. The van der Waals surface area contributed by atoms with Gasteiger partial charge in [-0.2, -0.15) is 0 Å². The van der Waals surface area contributed by atoms with Crippen molar-refractivity contribution in [2.75, 3.05) is 11.1 Å². The molecule has 8 heteroatoms. The van der Waals surface area contributed by atoms with Crippen LogP contribution in [0.25, 0.3) is 5.69 Å². The number of anilines is 1. The van der Waals surface area contributed by atoms with Gasteiger partial charge in [0, 0.05) is 6.04 Å². The highest BCUT2D eigenvalue weighted by Gasteiger charge is 2.17. The molecule has 0 aliphatic carbocycles. The number of nitrogens with zero attached hydrogens (tertiary/aromatic N) is 3. The van der Waals surface area contributed by atoms with Gasteiger partial charge in [0.25, 0.3) is 5.91 Å². The molecule has 1 heterocycles. The molecule has 156 valence electrons. The summed E-state index contributed by atoms with van der Waals surface area (Å²) in [6.07, 6.45) is 0. The smallest absolute Gasteiger partial charge is 0.253 e. The molecule has 1 aromatic heterocycles. The van der Waals surface area contributed by atoms with Gasteiger partial charge in [0.15, 0.2) is 5.16 Å². The normalized spacial score (nSPS) is 10.8. The fourth-order valence-electron chi connectivity index (χ4n) is 2.97. The van der Waals surface area contributed by atoms with Crippen molar-refractivity contribution in [2.24, 2.45) is 0 Å². The fraction of sp³-hybridized carbons (Fsp3) is 0.273. The second-order valence-corrected chi connectivity index (χ2v) is 8.10. The number of amides is 2. The maximum absolute atomic E-state index is 12.6. The predicted octanol–water partition coefficient (Wildman–Crippen LogP) is 3.75. The van der Waals surface area contributed by atoms with Crippen molar-refractivity contribution in [3.63, 3.8) is 0 Å². The van der Waals surface area contributed by atoms with E-state index < -0.39 is 0 Å². The van der Waals surface area contributed by atoms with E-state index in [0.29, 0.717) is 16.4 Å². The van der Waals surface area contributed by atoms with Gasteiger partial charge < -0.3 is 10.6 Å². The number of carbonyl (C=O) groups is 2. The monoisotopic (exact) mass is 423 g/mol. The molecule has 0 saturated carbocycles. The Bertz CT molecular complexity index is 1060. The minimum Gasteiger partial charge on any atom is -0.350 e. The van der Waals surface area contributed by atoms with E-state index in [-0.39, 0.29) is 23.6 Å². The molecule has 0 radical (unpaired) electrons. The number of hydrogen-bond acceptors (Lipinski definition) is 5. The summed E-state index contributed by atoms with van der Waals surface area (Å²) >= 11 is 1.30. The fourth-order valence-corrected chi connectivity index (χ4v) is 3.77. The van der Waals surface area contributed by atoms with Crippen LogP contribution in [0.1, 0.15) is 35.6 Å². The van der Waals surface area contributed by atoms with Crippen molar-refractivity contribution in [3.8, 4) is 5.69 Å². The van der Waals surface area contributed by atoms with Crippen molar-refractivity contribution in [1.29, 1.82) is 0 Å². The molecule has 3 rings (SSSR count). The standard InChI is InChI=1S/C22H25N5O2S/c1-14(2)23-21(29)17-10-6-7-11-18(17)24-20(28)13-30-22-26-25-16(4)27(22)19-12-8-5-9-15(19)3/h5-12,14H,13H2,1-4H3,(H,23,29)(H,24,28). The van der Waals surface area contributed by atoms with Gasteiger partial charge in [0.2, 0.25) is 5.91 Å². The summed E-state index contributed by atoms with van der Waals surface area (Å²) in [6.45, 7) is 7.69. The van der Waals surface area contributed by atoms with E-state index >= 15 is 0 Å². The molecular formula is C22H25N5O2S. The number of aryl methyl sites for hydroxylation is 2.